The topological polar surface area (TPSA) is 73.9 Å². The third kappa shape index (κ3) is 4.81. The lowest BCUT2D eigenvalue weighted by Crippen LogP contribution is -2.27. The minimum absolute atomic E-state index is 0.281. The van der Waals surface area contributed by atoms with Crippen LogP contribution in [0, 0.1) is 0 Å². The SMILES string of the molecule is COC(=O)c1ccc(NC(=O)[C@@H](C)OCc2cccc(OC)c2)s1. The highest BCUT2D eigenvalue weighted by Gasteiger charge is 2.16. The summed E-state index contributed by atoms with van der Waals surface area (Å²) in [7, 11) is 2.91. The van der Waals surface area contributed by atoms with E-state index in [0.717, 1.165) is 22.6 Å². The van der Waals surface area contributed by atoms with E-state index in [1.165, 1.54) is 7.11 Å². The Hall–Kier alpha value is -2.38. The Morgan fingerprint density at radius 3 is 2.71 bits per heavy atom. The van der Waals surface area contributed by atoms with Crippen LogP contribution in [-0.2, 0) is 20.9 Å². The van der Waals surface area contributed by atoms with Gasteiger partial charge in [0.2, 0.25) is 0 Å². The third-order valence-corrected chi connectivity index (χ3v) is 4.22. The van der Waals surface area contributed by atoms with E-state index in [-0.39, 0.29) is 5.91 Å². The number of hydrogen-bond donors (Lipinski definition) is 1. The number of carbonyl (C=O) groups is 2. The van der Waals surface area contributed by atoms with Crippen LogP contribution in [0.15, 0.2) is 36.4 Å². The second kappa shape index (κ2) is 8.47. The van der Waals surface area contributed by atoms with Crippen molar-refractivity contribution in [1.29, 1.82) is 0 Å². The van der Waals surface area contributed by atoms with Crippen LogP contribution in [0.1, 0.15) is 22.2 Å². The molecule has 128 valence electrons. The van der Waals surface area contributed by atoms with Gasteiger partial charge in [-0.3, -0.25) is 4.79 Å². The normalized spacial score (nSPS) is 11.6. The van der Waals surface area contributed by atoms with Gasteiger partial charge in [0.25, 0.3) is 5.91 Å². The highest BCUT2D eigenvalue weighted by molar-refractivity contribution is 7.18. The van der Waals surface area contributed by atoms with E-state index >= 15 is 0 Å². The van der Waals surface area contributed by atoms with Gasteiger partial charge in [-0.2, -0.15) is 0 Å². The highest BCUT2D eigenvalue weighted by Crippen LogP contribution is 2.23. The number of nitrogens with one attached hydrogen (secondary N) is 1. The molecule has 1 aromatic carbocycles. The number of esters is 1. The number of thiophene rings is 1. The molecule has 24 heavy (non-hydrogen) atoms. The van der Waals surface area contributed by atoms with Crippen LogP contribution in [0.4, 0.5) is 5.00 Å². The lowest BCUT2D eigenvalue weighted by atomic mass is 10.2. The van der Waals surface area contributed by atoms with E-state index in [0.29, 0.717) is 16.5 Å². The Labute approximate surface area is 144 Å². The molecule has 0 aliphatic rings. The molecule has 2 aromatic rings. The molecule has 1 atom stereocenters. The monoisotopic (exact) mass is 349 g/mol. The van der Waals surface area contributed by atoms with Gasteiger partial charge in [0, 0.05) is 0 Å². The molecule has 0 bridgehead atoms. The summed E-state index contributed by atoms with van der Waals surface area (Å²) < 4.78 is 15.4. The van der Waals surface area contributed by atoms with E-state index < -0.39 is 12.1 Å². The van der Waals surface area contributed by atoms with Gasteiger partial charge in [-0.1, -0.05) is 12.1 Å². The molecule has 0 radical (unpaired) electrons. The molecule has 6 nitrogen and oxygen atoms in total. The summed E-state index contributed by atoms with van der Waals surface area (Å²) in [6, 6.07) is 10.7. The van der Waals surface area contributed by atoms with Crippen LogP contribution in [0.2, 0.25) is 0 Å². The molecule has 1 aromatic heterocycles. The molecule has 0 spiro atoms. The Bertz CT molecular complexity index is 713. The van der Waals surface area contributed by atoms with Crippen molar-refractivity contribution in [3.05, 3.63) is 46.8 Å². The predicted molar refractivity (Wildman–Crippen MR) is 91.5 cm³/mol. The van der Waals surface area contributed by atoms with Gasteiger partial charge in [-0.25, -0.2) is 4.79 Å². The number of ether oxygens (including phenoxy) is 3. The van der Waals surface area contributed by atoms with Crippen molar-refractivity contribution in [2.75, 3.05) is 19.5 Å². The largest absolute Gasteiger partial charge is 0.497 e. The highest BCUT2D eigenvalue weighted by atomic mass is 32.1. The molecule has 0 saturated heterocycles. The van der Waals surface area contributed by atoms with Crippen LogP contribution in [0.25, 0.3) is 0 Å². The number of methoxy groups -OCH3 is 2. The molecule has 0 unspecified atom stereocenters. The lowest BCUT2D eigenvalue weighted by molar-refractivity contribution is -0.127. The molecule has 0 fully saturated rings. The van der Waals surface area contributed by atoms with Gasteiger partial charge in [-0.15, -0.1) is 11.3 Å². The zero-order chi connectivity index (χ0) is 17.5. The zero-order valence-corrected chi connectivity index (χ0v) is 14.5. The van der Waals surface area contributed by atoms with Crippen LogP contribution < -0.4 is 10.1 Å². The molecule has 1 heterocycles. The second-order valence-corrected chi connectivity index (χ2v) is 6.03. The van der Waals surface area contributed by atoms with Crippen LogP contribution in [-0.4, -0.2) is 32.2 Å². The number of carbonyl (C=O) groups excluding carboxylic acids is 2. The Morgan fingerprint density at radius 2 is 2.00 bits per heavy atom. The lowest BCUT2D eigenvalue weighted by Gasteiger charge is -2.13. The number of hydrogen-bond acceptors (Lipinski definition) is 6. The molecule has 1 N–H and O–H groups in total. The third-order valence-electron chi connectivity index (χ3n) is 3.24. The number of rotatable bonds is 7. The van der Waals surface area contributed by atoms with Crippen molar-refractivity contribution < 1.29 is 23.8 Å². The molecule has 7 heteroatoms. The molecule has 0 saturated carbocycles. The Balaban J connectivity index is 1.87. The van der Waals surface area contributed by atoms with Crippen LogP contribution in [0.3, 0.4) is 0 Å². The van der Waals surface area contributed by atoms with Gasteiger partial charge < -0.3 is 19.5 Å². The fourth-order valence-electron chi connectivity index (χ4n) is 1.90. The van der Waals surface area contributed by atoms with Crippen LogP contribution in [0.5, 0.6) is 5.75 Å². The summed E-state index contributed by atoms with van der Waals surface area (Å²) in [5, 5.41) is 3.29. The fraction of sp³-hybridized carbons (Fsp3) is 0.294. The predicted octanol–water partition coefficient (Wildman–Crippen LogP) is 3.09. The summed E-state index contributed by atoms with van der Waals surface area (Å²) in [5.41, 5.74) is 0.915. The standard InChI is InChI=1S/C17H19NO5S/c1-11(23-10-12-5-4-6-13(9-12)21-2)16(19)18-15-8-7-14(24-15)17(20)22-3/h4-9,11H,10H2,1-3H3,(H,18,19)/t11-/m1/s1. The van der Waals surface area contributed by atoms with Crippen LogP contribution >= 0.6 is 11.3 Å². The maximum absolute atomic E-state index is 12.1. The average Bonchev–Trinajstić information content (AvgIpc) is 3.07. The molecule has 2 rings (SSSR count). The zero-order valence-electron chi connectivity index (χ0n) is 13.7. The first-order valence-corrected chi connectivity index (χ1v) is 8.08. The number of benzene rings is 1. The van der Waals surface area contributed by atoms with Gasteiger partial charge in [0.05, 0.1) is 25.8 Å². The summed E-state index contributed by atoms with van der Waals surface area (Å²) >= 11 is 1.15. The van der Waals surface area contributed by atoms with Crippen molar-refractivity contribution in [2.24, 2.45) is 0 Å². The average molecular weight is 349 g/mol. The number of anilines is 1. The second-order valence-electron chi connectivity index (χ2n) is 4.95. The molecule has 0 aliphatic carbocycles. The van der Waals surface area contributed by atoms with E-state index in [1.54, 1.807) is 26.2 Å². The summed E-state index contributed by atoms with van der Waals surface area (Å²) in [5.74, 6) is 0.0288. The Kier molecular flexibility index (Phi) is 6.34. The summed E-state index contributed by atoms with van der Waals surface area (Å²) in [6.07, 6.45) is -0.639. The first-order valence-electron chi connectivity index (χ1n) is 7.27. The Morgan fingerprint density at radius 1 is 1.21 bits per heavy atom. The quantitative estimate of drug-likeness (QED) is 0.778. The maximum atomic E-state index is 12.1. The van der Waals surface area contributed by atoms with E-state index in [2.05, 4.69) is 10.1 Å². The van der Waals surface area contributed by atoms with Crippen molar-refractivity contribution in [1.82, 2.24) is 0 Å². The van der Waals surface area contributed by atoms with Gasteiger partial charge >= 0.3 is 5.97 Å². The van der Waals surface area contributed by atoms with Crippen molar-refractivity contribution in [3.63, 3.8) is 0 Å². The molecule has 1 amide bonds. The van der Waals surface area contributed by atoms with E-state index in [1.807, 2.05) is 24.3 Å². The van der Waals surface area contributed by atoms with Crippen molar-refractivity contribution in [2.45, 2.75) is 19.6 Å². The molecule has 0 aliphatic heterocycles. The van der Waals surface area contributed by atoms with E-state index in [9.17, 15) is 9.59 Å². The number of amides is 1. The smallest absolute Gasteiger partial charge is 0.348 e. The van der Waals surface area contributed by atoms with Gasteiger partial charge in [0.1, 0.15) is 16.7 Å². The molecular weight excluding hydrogens is 330 g/mol. The minimum atomic E-state index is -0.639. The van der Waals surface area contributed by atoms with Gasteiger partial charge in [-0.05, 0) is 36.8 Å². The minimum Gasteiger partial charge on any atom is -0.497 e. The maximum Gasteiger partial charge on any atom is 0.348 e. The first-order chi connectivity index (χ1) is 11.5. The summed E-state index contributed by atoms with van der Waals surface area (Å²) in [6.45, 7) is 1.97. The van der Waals surface area contributed by atoms with Crippen molar-refractivity contribution in [3.8, 4) is 5.75 Å². The fourth-order valence-corrected chi connectivity index (χ4v) is 2.72. The van der Waals surface area contributed by atoms with E-state index in [4.69, 9.17) is 9.47 Å². The first kappa shape index (κ1) is 18.0. The van der Waals surface area contributed by atoms with Crippen molar-refractivity contribution >= 4 is 28.2 Å². The van der Waals surface area contributed by atoms with Gasteiger partial charge in [0.15, 0.2) is 0 Å². The molecular formula is C17H19NO5S. The summed E-state index contributed by atoms with van der Waals surface area (Å²) in [4.78, 5) is 24.0.